The zero-order valence-corrected chi connectivity index (χ0v) is 10.9. The van der Waals surface area contributed by atoms with Crippen molar-refractivity contribution in [3.63, 3.8) is 0 Å². The van der Waals surface area contributed by atoms with E-state index in [-0.39, 0.29) is 18.6 Å². The van der Waals surface area contributed by atoms with E-state index in [9.17, 15) is 4.79 Å². The van der Waals surface area contributed by atoms with Crippen LogP contribution in [0.3, 0.4) is 0 Å². The van der Waals surface area contributed by atoms with E-state index < -0.39 is 0 Å². The number of nitrogens with zero attached hydrogens (tertiary/aromatic N) is 1. The lowest BCUT2D eigenvalue weighted by Gasteiger charge is -2.28. The molecule has 1 aliphatic carbocycles. The maximum absolute atomic E-state index is 12.0. The van der Waals surface area contributed by atoms with Crippen molar-refractivity contribution < 1.29 is 9.90 Å². The topological polar surface area (TPSA) is 62.2 Å². The van der Waals surface area contributed by atoms with Gasteiger partial charge in [0.2, 0.25) is 0 Å². The number of aliphatic hydroxyl groups is 1. The molecule has 2 rings (SSSR count). The molecular formula is C13H17ClN2O2. The maximum atomic E-state index is 12.0. The number of hydrogen-bond acceptors (Lipinski definition) is 3. The highest BCUT2D eigenvalue weighted by molar-refractivity contribution is 6.33. The van der Waals surface area contributed by atoms with Gasteiger partial charge in [0.05, 0.1) is 10.6 Å². The normalized spacial score (nSPS) is 23.7. The van der Waals surface area contributed by atoms with Gasteiger partial charge in [0, 0.05) is 25.0 Å². The molecule has 1 heterocycles. The first-order chi connectivity index (χ1) is 8.70. The third kappa shape index (κ3) is 3.21. The molecule has 1 saturated carbocycles. The molecule has 0 aliphatic heterocycles. The molecule has 1 aliphatic rings. The number of aliphatic hydroxyl groups excluding tert-OH is 1. The summed E-state index contributed by atoms with van der Waals surface area (Å²) >= 11 is 5.93. The Labute approximate surface area is 111 Å². The van der Waals surface area contributed by atoms with Gasteiger partial charge in [-0.3, -0.25) is 9.78 Å². The van der Waals surface area contributed by atoms with E-state index in [4.69, 9.17) is 16.7 Å². The lowest BCUT2D eigenvalue weighted by Crippen LogP contribution is -2.39. The van der Waals surface area contributed by atoms with Crippen LogP contribution >= 0.6 is 11.6 Å². The first kappa shape index (κ1) is 13.3. The minimum absolute atomic E-state index is 0.132. The van der Waals surface area contributed by atoms with Crippen molar-refractivity contribution in [3.05, 3.63) is 29.0 Å². The number of amides is 1. The Kier molecular flexibility index (Phi) is 4.55. The zero-order chi connectivity index (χ0) is 13.0. The number of halogens is 1. The molecule has 0 aromatic carbocycles. The molecule has 0 bridgehead atoms. The molecule has 0 spiro atoms. The van der Waals surface area contributed by atoms with E-state index in [2.05, 4.69) is 10.3 Å². The van der Waals surface area contributed by atoms with Crippen LogP contribution in [0, 0.1) is 5.92 Å². The van der Waals surface area contributed by atoms with E-state index in [1.165, 1.54) is 6.20 Å². The number of aromatic nitrogens is 1. The second kappa shape index (κ2) is 6.16. The number of carbonyl (C=O) groups is 1. The lowest BCUT2D eigenvalue weighted by molar-refractivity contribution is 0.0906. The van der Waals surface area contributed by atoms with E-state index in [1.54, 1.807) is 12.3 Å². The van der Waals surface area contributed by atoms with Gasteiger partial charge in [0.1, 0.15) is 0 Å². The van der Waals surface area contributed by atoms with Crippen molar-refractivity contribution in [1.82, 2.24) is 10.3 Å². The summed E-state index contributed by atoms with van der Waals surface area (Å²) in [6, 6.07) is 1.75. The van der Waals surface area contributed by atoms with Gasteiger partial charge in [-0.15, -0.1) is 0 Å². The van der Waals surface area contributed by atoms with Crippen molar-refractivity contribution in [1.29, 1.82) is 0 Å². The monoisotopic (exact) mass is 268 g/mol. The molecule has 1 fully saturated rings. The predicted molar refractivity (Wildman–Crippen MR) is 69.5 cm³/mol. The van der Waals surface area contributed by atoms with E-state index >= 15 is 0 Å². The fourth-order valence-electron chi connectivity index (χ4n) is 2.41. The van der Waals surface area contributed by atoms with Crippen molar-refractivity contribution in [2.75, 3.05) is 6.61 Å². The lowest BCUT2D eigenvalue weighted by atomic mass is 9.86. The largest absolute Gasteiger partial charge is 0.396 e. The van der Waals surface area contributed by atoms with Crippen LogP contribution in [0.5, 0.6) is 0 Å². The van der Waals surface area contributed by atoms with Gasteiger partial charge in [-0.05, 0) is 31.2 Å². The van der Waals surface area contributed by atoms with Crippen LogP contribution in [0.2, 0.25) is 5.02 Å². The van der Waals surface area contributed by atoms with Gasteiger partial charge >= 0.3 is 0 Å². The Morgan fingerprint density at radius 1 is 1.56 bits per heavy atom. The van der Waals surface area contributed by atoms with Crippen LogP contribution in [-0.2, 0) is 0 Å². The van der Waals surface area contributed by atoms with Gasteiger partial charge in [0.15, 0.2) is 0 Å². The first-order valence-corrected chi connectivity index (χ1v) is 6.59. The Bertz CT molecular complexity index is 425. The third-order valence-electron chi connectivity index (χ3n) is 3.39. The minimum atomic E-state index is -0.161. The summed E-state index contributed by atoms with van der Waals surface area (Å²) in [4.78, 5) is 15.9. The average molecular weight is 269 g/mol. The fraction of sp³-hybridized carbons (Fsp3) is 0.538. The van der Waals surface area contributed by atoms with Crippen LogP contribution in [0.4, 0.5) is 0 Å². The SMILES string of the molecule is O=C(N[C@@H]1CCC[C@@H](CO)C1)c1ccncc1Cl. The second-order valence-corrected chi connectivity index (χ2v) is 5.15. The summed E-state index contributed by atoms with van der Waals surface area (Å²) in [6.07, 6.45) is 6.90. The van der Waals surface area contributed by atoms with Crippen LogP contribution < -0.4 is 5.32 Å². The standard InChI is InChI=1S/C13H17ClN2O2/c14-12-7-15-5-4-11(12)13(18)16-10-3-1-2-9(6-10)8-17/h4-5,7,9-10,17H,1-3,6,8H2,(H,16,18)/t9-,10-/m1/s1. The maximum Gasteiger partial charge on any atom is 0.253 e. The molecule has 98 valence electrons. The van der Waals surface area contributed by atoms with Gasteiger partial charge in [-0.2, -0.15) is 0 Å². The molecular weight excluding hydrogens is 252 g/mol. The molecule has 1 aromatic rings. The fourth-order valence-corrected chi connectivity index (χ4v) is 2.62. The summed E-state index contributed by atoms with van der Waals surface area (Å²) in [5, 5.41) is 12.5. The first-order valence-electron chi connectivity index (χ1n) is 6.22. The molecule has 5 heteroatoms. The number of nitrogens with one attached hydrogen (secondary N) is 1. The Morgan fingerprint density at radius 3 is 3.11 bits per heavy atom. The van der Waals surface area contributed by atoms with Gasteiger partial charge in [-0.25, -0.2) is 0 Å². The van der Waals surface area contributed by atoms with Crippen molar-refractivity contribution in [2.45, 2.75) is 31.7 Å². The smallest absolute Gasteiger partial charge is 0.253 e. The Morgan fingerprint density at radius 2 is 2.39 bits per heavy atom. The molecule has 1 amide bonds. The van der Waals surface area contributed by atoms with Crippen molar-refractivity contribution >= 4 is 17.5 Å². The highest BCUT2D eigenvalue weighted by atomic mass is 35.5. The molecule has 0 saturated heterocycles. The highest BCUT2D eigenvalue weighted by Crippen LogP contribution is 2.24. The minimum Gasteiger partial charge on any atom is -0.396 e. The number of pyridine rings is 1. The molecule has 18 heavy (non-hydrogen) atoms. The van der Waals surface area contributed by atoms with E-state index in [1.807, 2.05) is 0 Å². The third-order valence-corrected chi connectivity index (χ3v) is 3.69. The average Bonchev–Trinajstić information content (AvgIpc) is 2.39. The van der Waals surface area contributed by atoms with E-state index in [0.29, 0.717) is 16.5 Å². The number of carbonyl (C=O) groups excluding carboxylic acids is 1. The molecule has 2 atom stereocenters. The summed E-state index contributed by atoms with van der Waals surface area (Å²) in [5.74, 6) is 0.142. The number of rotatable bonds is 3. The van der Waals surface area contributed by atoms with Crippen LogP contribution in [-0.4, -0.2) is 28.6 Å². The van der Waals surface area contributed by atoms with Gasteiger partial charge in [-0.1, -0.05) is 18.0 Å². The Hall–Kier alpha value is -1.13. The van der Waals surface area contributed by atoms with Gasteiger partial charge in [0.25, 0.3) is 5.91 Å². The summed E-state index contributed by atoms with van der Waals surface area (Å²) < 4.78 is 0. The molecule has 1 aromatic heterocycles. The molecule has 0 unspecified atom stereocenters. The van der Waals surface area contributed by atoms with Crippen LogP contribution in [0.25, 0.3) is 0 Å². The van der Waals surface area contributed by atoms with Gasteiger partial charge < -0.3 is 10.4 Å². The molecule has 4 nitrogen and oxygen atoms in total. The summed E-state index contributed by atoms with van der Waals surface area (Å²) in [6.45, 7) is 0.197. The molecule has 0 radical (unpaired) electrons. The predicted octanol–water partition coefficient (Wildman–Crippen LogP) is 2.02. The quantitative estimate of drug-likeness (QED) is 0.882. The summed E-state index contributed by atoms with van der Waals surface area (Å²) in [7, 11) is 0. The van der Waals surface area contributed by atoms with E-state index in [0.717, 1.165) is 25.7 Å². The van der Waals surface area contributed by atoms with Crippen molar-refractivity contribution in [3.8, 4) is 0 Å². The Balaban J connectivity index is 1.97. The van der Waals surface area contributed by atoms with Crippen molar-refractivity contribution in [2.24, 2.45) is 5.92 Å². The zero-order valence-electron chi connectivity index (χ0n) is 10.1. The van der Waals surface area contributed by atoms with Crippen LogP contribution in [0.15, 0.2) is 18.5 Å². The second-order valence-electron chi connectivity index (χ2n) is 4.74. The highest BCUT2D eigenvalue weighted by Gasteiger charge is 2.23. The van der Waals surface area contributed by atoms with Crippen LogP contribution in [0.1, 0.15) is 36.0 Å². The number of hydrogen-bond donors (Lipinski definition) is 2. The molecule has 2 N–H and O–H groups in total. The summed E-state index contributed by atoms with van der Waals surface area (Å²) in [5.41, 5.74) is 0.456.